The van der Waals surface area contributed by atoms with Crippen molar-refractivity contribution in [2.24, 2.45) is 0 Å². The molecule has 1 N–H and O–H groups in total. The van der Waals surface area contributed by atoms with Gasteiger partial charge in [0.05, 0.1) is 16.3 Å². The molecule has 0 unspecified atom stereocenters. The molecule has 4 heteroatoms. The largest absolute Gasteiger partial charge is 0.378 e. The Morgan fingerprint density at radius 3 is 2.30 bits per heavy atom. The highest BCUT2D eigenvalue weighted by Gasteiger charge is 2.04. The molecule has 0 aliphatic rings. The molecule has 0 spiro atoms. The molecule has 0 aliphatic heterocycles. The van der Waals surface area contributed by atoms with E-state index < -0.39 is 0 Å². The maximum atomic E-state index is 12.6. The van der Waals surface area contributed by atoms with Gasteiger partial charge >= 0.3 is 0 Å². The fourth-order valence-corrected chi connectivity index (χ4v) is 2.44. The van der Waals surface area contributed by atoms with Crippen LogP contribution in [0.2, 0.25) is 0 Å². The van der Waals surface area contributed by atoms with E-state index in [2.05, 4.69) is 11.7 Å². The van der Waals surface area contributed by atoms with Crippen LogP contribution in [0.4, 0.5) is 5.69 Å². The number of benzene rings is 2. The second kappa shape index (κ2) is 6.01. The predicted octanol–water partition coefficient (Wildman–Crippen LogP) is 1.47. The van der Waals surface area contributed by atoms with Gasteiger partial charge in [-0.1, -0.05) is 36.9 Å². The standard InChI is InChI=1S/C19H19N3O/c1-14-18(13-15-9-11-16(12-10-15)21(2)3)19(23)22(20-14)17-7-5-4-6-8-17/h4-13,20H,1H2,2-3H3/b18-13+. The highest BCUT2D eigenvalue weighted by molar-refractivity contribution is 5.55. The van der Waals surface area contributed by atoms with Crippen LogP contribution in [-0.4, -0.2) is 23.9 Å². The summed E-state index contributed by atoms with van der Waals surface area (Å²) >= 11 is 0. The Hall–Kier alpha value is -3.01. The molecule has 2 aromatic carbocycles. The highest BCUT2D eigenvalue weighted by atomic mass is 16.1. The summed E-state index contributed by atoms with van der Waals surface area (Å²) in [7, 11) is 3.99. The Balaban J connectivity index is 2.09. The van der Waals surface area contributed by atoms with E-state index >= 15 is 0 Å². The Labute approximate surface area is 134 Å². The predicted molar refractivity (Wildman–Crippen MR) is 95.5 cm³/mol. The van der Waals surface area contributed by atoms with Crippen LogP contribution >= 0.6 is 0 Å². The van der Waals surface area contributed by atoms with Crippen LogP contribution in [0.15, 0.2) is 59.4 Å². The van der Waals surface area contributed by atoms with E-state index in [1.165, 1.54) is 4.68 Å². The van der Waals surface area contributed by atoms with Crippen LogP contribution in [0.5, 0.6) is 0 Å². The maximum Gasteiger partial charge on any atom is 0.279 e. The topological polar surface area (TPSA) is 41.0 Å². The van der Waals surface area contributed by atoms with Gasteiger partial charge in [0.2, 0.25) is 0 Å². The Kier molecular flexibility index (Phi) is 3.89. The fraction of sp³-hybridized carbons (Fsp3) is 0.105. The summed E-state index contributed by atoms with van der Waals surface area (Å²) in [5, 5.41) is 4.22. The van der Waals surface area contributed by atoms with Gasteiger partial charge in [0.1, 0.15) is 0 Å². The first-order valence-corrected chi connectivity index (χ1v) is 7.41. The van der Waals surface area contributed by atoms with Gasteiger partial charge in [-0.15, -0.1) is 0 Å². The third-order valence-electron chi connectivity index (χ3n) is 3.74. The van der Waals surface area contributed by atoms with E-state index in [1.54, 1.807) is 0 Å². The Morgan fingerprint density at radius 1 is 1.04 bits per heavy atom. The minimum Gasteiger partial charge on any atom is -0.378 e. The van der Waals surface area contributed by atoms with E-state index in [-0.39, 0.29) is 5.56 Å². The zero-order valence-corrected chi connectivity index (χ0v) is 13.3. The van der Waals surface area contributed by atoms with E-state index in [0.717, 1.165) is 16.9 Å². The molecular formula is C19H19N3O. The maximum absolute atomic E-state index is 12.6. The first kappa shape index (κ1) is 14.9. The third kappa shape index (κ3) is 2.97. The summed E-state index contributed by atoms with van der Waals surface area (Å²) < 4.78 is 1.52. The van der Waals surface area contributed by atoms with E-state index in [1.807, 2.05) is 79.7 Å². The summed E-state index contributed by atoms with van der Waals surface area (Å²) in [6.45, 7) is 3.95. The SMILES string of the molecule is C=c1[nH]n(-c2ccccc2)c(=O)/c1=C/c1ccc(N(C)C)cc1. The number of hydrogen-bond acceptors (Lipinski definition) is 2. The summed E-state index contributed by atoms with van der Waals surface area (Å²) in [4.78, 5) is 14.7. The van der Waals surface area contributed by atoms with Crippen LogP contribution in [0.25, 0.3) is 18.3 Å². The van der Waals surface area contributed by atoms with Crippen molar-refractivity contribution in [2.75, 3.05) is 19.0 Å². The van der Waals surface area contributed by atoms with Crippen LogP contribution in [0, 0.1) is 0 Å². The van der Waals surface area contributed by atoms with Crippen molar-refractivity contribution < 1.29 is 0 Å². The number of anilines is 1. The van der Waals surface area contributed by atoms with Crippen molar-refractivity contribution >= 4 is 18.3 Å². The van der Waals surface area contributed by atoms with E-state index in [0.29, 0.717) is 10.6 Å². The van der Waals surface area contributed by atoms with Gasteiger partial charge in [0, 0.05) is 19.8 Å². The summed E-state index contributed by atoms with van der Waals surface area (Å²) in [6, 6.07) is 17.5. The summed E-state index contributed by atoms with van der Waals surface area (Å²) in [6.07, 6.45) is 1.86. The van der Waals surface area contributed by atoms with Gasteiger partial charge < -0.3 is 4.90 Å². The molecule has 23 heavy (non-hydrogen) atoms. The van der Waals surface area contributed by atoms with Crippen molar-refractivity contribution in [3.8, 4) is 5.69 Å². The molecule has 0 fully saturated rings. The Morgan fingerprint density at radius 2 is 1.70 bits per heavy atom. The number of rotatable bonds is 3. The van der Waals surface area contributed by atoms with Crippen molar-refractivity contribution in [1.29, 1.82) is 0 Å². The minimum atomic E-state index is -0.0992. The minimum absolute atomic E-state index is 0.0992. The normalized spacial score (nSPS) is 11.7. The molecule has 1 heterocycles. The monoisotopic (exact) mass is 305 g/mol. The van der Waals surface area contributed by atoms with Crippen molar-refractivity contribution in [3.63, 3.8) is 0 Å². The molecule has 0 saturated carbocycles. The average Bonchev–Trinajstić information content (AvgIpc) is 2.84. The number of nitrogens with one attached hydrogen (secondary N) is 1. The molecule has 0 bridgehead atoms. The van der Waals surface area contributed by atoms with Gasteiger partial charge in [-0.3, -0.25) is 9.89 Å². The van der Waals surface area contributed by atoms with Crippen molar-refractivity contribution in [1.82, 2.24) is 9.78 Å². The molecule has 0 atom stereocenters. The average molecular weight is 305 g/mol. The molecule has 0 amide bonds. The molecule has 0 radical (unpaired) electrons. The van der Waals surface area contributed by atoms with Gasteiger partial charge in [0.25, 0.3) is 5.56 Å². The lowest BCUT2D eigenvalue weighted by Gasteiger charge is -2.11. The second-order valence-corrected chi connectivity index (χ2v) is 5.61. The van der Waals surface area contributed by atoms with Crippen LogP contribution in [-0.2, 0) is 0 Å². The van der Waals surface area contributed by atoms with E-state index in [4.69, 9.17) is 0 Å². The van der Waals surface area contributed by atoms with Gasteiger partial charge in [-0.2, -0.15) is 0 Å². The molecule has 116 valence electrons. The smallest absolute Gasteiger partial charge is 0.279 e. The number of para-hydroxylation sites is 1. The number of aromatic nitrogens is 2. The summed E-state index contributed by atoms with van der Waals surface area (Å²) in [5.41, 5.74) is 2.78. The van der Waals surface area contributed by atoms with Gasteiger partial charge in [-0.05, 0) is 35.9 Å². The fourth-order valence-electron chi connectivity index (χ4n) is 2.44. The van der Waals surface area contributed by atoms with E-state index in [9.17, 15) is 4.79 Å². The summed E-state index contributed by atoms with van der Waals surface area (Å²) in [5.74, 6) is 0. The highest BCUT2D eigenvalue weighted by Crippen LogP contribution is 2.12. The lowest BCUT2D eigenvalue weighted by Crippen LogP contribution is -2.33. The number of aromatic amines is 1. The second-order valence-electron chi connectivity index (χ2n) is 5.61. The van der Waals surface area contributed by atoms with Crippen LogP contribution in [0.3, 0.4) is 0 Å². The number of hydrogen-bond donors (Lipinski definition) is 1. The first-order valence-electron chi connectivity index (χ1n) is 7.41. The van der Waals surface area contributed by atoms with Crippen molar-refractivity contribution in [2.45, 2.75) is 0 Å². The van der Waals surface area contributed by atoms with Crippen LogP contribution in [0.1, 0.15) is 5.56 Å². The van der Waals surface area contributed by atoms with Gasteiger partial charge in [0.15, 0.2) is 0 Å². The molecular weight excluding hydrogens is 286 g/mol. The molecule has 0 aliphatic carbocycles. The van der Waals surface area contributed by atoms with Crippen LogP contribution < -0.4 is 21.0 Å². The lowest BCUT2D eigenvalue weighted by atomic mass is 10.1. The molecule has 3 rings (SSSR count). The molecule has 3 aromatic rings. The molecule has 0 saturated heterocycles. The van der Waals surface area contributed by atoms with Crippen molar-refractivity contribution in [3.05, 3.63) is 81.1 Å². The zero-order valence-electron chi connectivity index (χ0n) is 13.3. The lowest BCUT2D eigenvalue weighted by molar-refractivity contribution is 0.838. The number of nitrogens with zero attached hydrogens (tertiary/aromatic N) is 2. The zero-order chi connectivity index (χ0) is 16.4. The third-order valence-corrected chi connectivity index (χ3v) is 3.74. The molecule has 1 aromatic heterocycles. The van der Waals surface area contributed by atoms with Gasteiger partial charge in [-0.25, -0.2) is 4.68 Å². The molecule has 4 nitrogen and oxygen atoms in total. The number of H-pyrrole nitrogens is 1. The Bertz CT molecular complexity index is 964. The quantitative estimate of drug-likeness (QED) is 0.796. The first-order chi connectivity index (χ1) is 11.1.